The molecule has 0 aliphatic rings. The maximum absolute atomic E-state index is 13.5. The molecule has 2 aromatic carbocycles. The summed E-state index contributed by atoms with van der Waals surface area (Å²) in [5.41, 5.74) is 2.56. The van der Waals surface area contributed by atoms with Gasteiger partial charge in [-0.1, -0.05) is 24.3 Å². The van der Waals surface area contributed by atoms with Crippen molar-refractivity contribution in [2.45, 2.75) is 6.92 Å². The molecule has 0 bridgehead atoms. The largest absolute Gasteiger partial charge is 0.268 e. The molecule has 3 aromatic rings. The van der Waals surface area contributed by atoms with Crippen LogP contribution in [0.2, 0.25) is 0 Å². The highest BCUT2D eigenvalue weighted by molar-refractivity contribution is 7.71. The molecule has 0 unspecified atom stereocenters. The molecule has 0 aliphatic carbocycles. The second-order valence-corrected chi connectivity index (χ2v) is 4.87. The minimum Gasteiger partial charge on any atom is -0.268 e. The second-order valence-electron chi connectivity index (χ2n) is 4.48. The molecule has 20 heavy (non-hydrogen) atoms. The zero-order valence-electron chi connectivity index (χ0n) is 10.8. The van der Waals surface area contributed by atoms with Gasteiger partial charge in [-0.15, -0.1) is 0 Å². The molecule has 0 spiro atoms. The van der Waals surface area contributed by atoms with Gasteiger partial charge in [0.05, 0.1) is 0 Å². The van der Waals surface area contributed by atoms with Crippen molar-refractivity contribution in [3.63, 3.8) is 0 Å². The van der Waals surface area contributed by atoms with Gasteiger partial charge in [-0.2, -0.15) is 5.10 Å². The van der Waals surface area contributed by atoms with Crippen LogP contribution in [0.3, 0.4) is 0 Å². The minimum absolute atomic E-state index is 0.292. The zero-order chi connectivity index (χ0) is 14.1. The molecule has 1 aromatic heterocycles. The van der Waals surface area contributed by atoms with Crippen LogP contribution in [0.1, 0.15) is 5.56 Å². The lowest BCUT2D eigenvalue weighted by Crippen LogP contribution is -1.99. The van der Waals surface area contributed by atoms with Crippen molar-refractivity contribution < 1.29 is 4.39 Å². The molecule has 5 heteroatoms. The van der Waals surface area contributed by atoms with Crippen LogP contribution in [0.4, 0.5) is 4.39 Å². The van der Waals surface area contributed by atoms with Gasteiger partial charge in [-0.25, -0.2) is 4.39 Å². The van der Waals surface area contributed by atoms with Crippen molar-refractivity contribution in [3.8, 4) is 17.1 Å². The highest BCUT2D eigenvalue weighted by Gasteiger charge is 2.13. The van der Waals surface area contributed by atoms with Gasteiger partial charge in [0.1, 0.15) is 5.82 Å². The van der Waals surface area contributed by atoms with E-state index >= 15 is 0 Å². The van der Waals surface area contributed by atoms with Crippen LogP contribution < -0.4 is 0 Å². The molecular formula is C15H12FN3S. The van der Waals surface area contributed by atoms with Crippen molar-refractivity contribution in [3.05, 3.63) is 64.7 Å². The third-order valence-electron chi connectivity index (χ3n) is 3.13. The fourth-order valence-electron chi connectivity index (χ4n) is 2.13. The van der Waals surface area contributed by atoms with E-state index in [9.17, 15) is 4.39 Å². The number of aryl methyl sites for hydroxylation is 1. The number of hydrogen-bond donors (Lipinski definition) is 1. The summed E-state index contributed by atoms with van der Waals surface area (Å²) in [5, 5.41) is 7.02. The van der Waals surface area contributed by atoms with Gasteiger partial charge in [0.25, 0.3) is 0 Å². The molecular weight excluding hydrogens is 273 g/mol. The predicted octanol–water partition coefficient (Wildman–Crippen LogP) is 4.04. The van der Waals surface area contributed by atoms with Gasteiger partial charge in [0.2, 0.25) is 0 Å². The molecule has 3 rings (SSSR count). The average molecular weight is 285 g/mol. The van der Waals surface area contributed by atoms with Crippen LogP contribution in [0.25, 0.3) is 17.1 Å². The lowest BCUT2D eigenvalue weighted by Gasteiger charge is -2.09. The van der Waals surface area contributed by atoms with Crippen molar-refractivity contribution in [2.75, 3.05) is 0 Å². The monoisotopic (exact) mass is 285 g/mol. The van der Waals surface area contributed by atoms with Crippen LogP contribution in [0.15, 0.2) is 48.5 Å². The van der Waals surface area contributed by atoms with E-state index in [0.717, 1.165) is 16.8 Å². The molecule has 0 radical (unpaired) electrons. The Kier molecular flexibility index (Phi) is 3.20. The number of benzene rings is 2. The molecule has 1 heterocycles. The van der Waals surface area contributed by atoms with Crippen molar-refractivity contribution in [1.82, 2.24) is 14.8 Å². The number of halogens is 1. The Morgan fingerprint density at radius 1 is 1.15 bits per heavy atom. The van der Waals surface area contributed by atoms with Gasteiger partial charge in [-0.3, -0.25) is 9.67 Å². The number of H-pyrrole nitrogens is 1. The van der Waals surface area contributed by atoms with Gasteiger partial charge in [0.15, 0.2) is 10.6 Å². The Hall–Kier alpha value is -2.27. The molecule has 0 saturated heterocycles. The van der Waals surface area contributed by atoms with Crippen LogP contribution in [0, 0.1) is 17.5 Å². The molecule has 1 N–H and O–H groups in total. The Balaban J connectivity index is 2.27. The number of nitrogens with zero attached hydrogens (tertiary/aromatic N) is 2. The van der Waals surface area contributed by atoms with Crippen LogP contribution in [0.5, 0.6) is 0 Å². The van der Waals surface area contributed by atoms with Gasteiger partial charge < -0.3 is 0 Å². The van der Waals surface area contributed by atoms with Gasteiger partial charge in [-0.05, 0) is 49.0 Å². The van der Waals surface area contributed by atoms with E-state index in [0.29, 0.717) is 10.6 Å². The minimum atomic E-state index is -0.292. The summed E-state index contributed by atoms with van der Waals surface area (Å²) < 4.78 is 15.8. The maximum atomic E-state index is 13.5. The molecule has 0 aliphatic heterocycles. The topological polar surface area (TPSA) is 33.6 Å². The summed E-state index contributed by atoms with van der Waals surface area (Å²) in [6.45, 7) is 1.92. The van der Waals surface area contributed by atoms with E-state index in [1.54, 1.807) is 10.6 Å². The van der Waals surface area contributed by atoms with Crippen molar-refractivity contribution in [1.29, 1.82) is 0 Å². The number of aromatic amines is 1. The summed E-state index contributed by atoms with van der Waals surface area (Å²) in [5.74, 6) is 0.317. The molecule has 3 nitrogen and oxygen atoms in total. The number of aromatic nitrogens is 3. The maximum Gasteiger partial charge on any atom is 0.200 e. The first kappa shape index (κ1) is 12.7. The van der Waals surface area contributed by atoms with E-state index in [1.165, 1.54) is 12.1 Å². The Labute approximate surface area is 120 Å². The van der Waals surface area contributed by atoms with Gasteiger partial charge in [0, 0.05) is 11.3 Å². The highest BCUT2D eigenvalue weighted by atomic mass is 32.1. The highest BCUT2D eigenvalue weighted by Crippen LogP contribution is 2.25. The summed E-state index contributed by atoms with van der Waals surface area (Å²) in [6, 6.07) is 14.3. The SMILES string of the molecule is Cc1ccc(F)cc1-c1n[nH]c(=S)n1-c1ccccc1. The van der Waals surface area contributed by atoms with E-state index < -0.39 is 0 Å². The summed E-state index contributed by atoms with van der Waals surface area (Å²) >= 11 is 5.28. The summed E-state index contributed by atoms with van der Waals surface area (Å²) in [6.07, 6.45) is 0. The third kappa shape index (κ3) is 2.16. The molecule has 100 valence electrons. The fourth-order valence-corrected chi connectivity index (χ4v) is 2.37. The van der Waals surface area contributed by atoms with E-state index in [1.807, 2.05) is 37.3 Å². The van der Waals surface area contributed by atoms with Crippen molar-refractivity contribution in [2.24, 2.45) is 0 Å². The zero-order valence-corrected chi connectivity index (χ0v) is 11.6. The smallest absolute Gasteiger partial charge is 0.200 e. The number of nitrogens with one attached hydrogen (secondary N) is 1. The normalized spacial score (nSPS) is 10.7. The third-order valence-corrected chi connectivity index (χ3v) is 3.40. The average Bonchev–Trinajstić information content (AvgIpc) is 2.84. The summed E-state index contributed by atoms with van der Waals surface area (Å²) in [4.78, 5) is 0. The number of rotatable bonds is 2. The van der Waals surface area contributed by atoms with Crippen molar-refractivity contribution >= 4 is 12.2 Å². The first-order valence-corrected chi connectivity index (χ1v) is 6.57. The van der Waals surface area contributed by atoms with E-state index in [-0.39, 0.29) is 5.82 Å². The first-order valence-electron chi connectivity index (χ1n) is 6.16. The van der Waals surface area contributed by atoms with Crippen LogP contribution in [-0.4, -0.2) is 14.8 Å². The Bertz CT molecular complexity index is 805. The Morgan fingerprint density at radius 2 is 1.90 bits per heavy atom. The van der Waals surface area contributed by atoms with E-state index in [4.69, 9.17) is 12.2 Å². The second kappa shape index (κ2) is 5.02. The van der Waals surface area contributed by atoms with Crippen LogP contribution in [-0.2, 0) is 0 Å². The standard InChI is InChI=1S/C15H12FN3S/c1-10-7-8-11(16)9-13(10)14-17-18-15(20)19(14)12-5-3-2-4-6-12/h2-9H,1H3,(H,18,20). The predicted molar refractivity (Wildman–Crippen MR) is 78.9 cm³/mol. The number of hydrogen-bond acceptors (Lipinski definition) is 2. The quantitative estimate of drug-likeness (QED) is 0.721. The molecule has 0 amide bonds. The number of para-hydroxylation sites is 1. The van der Waals surface area contributed by atoms with E-state index in [2.05, 4.69) is 10.2 Å². The molecule has 0 saturated carbocycles. The lowest BCUT2D eigenvalue weighted by atomic mass is 10.1. The molecule has 0 atom stereocenters. The van der Waals surface area contributed by atoms with Crippen LogP contribution >= 0.6 is 12.2 Å². The first-order chi connectivity index (χ1) is 9.66. The fraction of sp³-hybridized carbons (Fsp3) is 0.0667. The molecule has 0 fully saturated rings. The summed E-state index contributed by atoms with van der Waals surface area (Å²) in [7, 11) is 0. The Morgan fingerprint density at radius 3 is 2.65 bits per heavy atom. The van der Waals surface area contributed by atoms with Gasteiger partial charge >= 0.3 is 0 Å². The lowest BCUT2D eigenvalue weighted by molar-refractivity contribution is 0.627.